The van der Waals surface area contributed by atoms with Crippen LogP contribution >= 0.6 is 22.9 Å². The molecule has 1 aromatic carbocycles. The Balaban J connectivity index is 1.52. The molecule has 7 heteroatoms. The number of carbonyl (C=O) groups is 1. The van der Waals surface area contributed by atoms with Crippen LogP contribution in [0.25, 0.3) is 10.2 Å². The van der Waals surface area contributed by atoms with Crippen LogP contribution in [0, 0.1) is 5.92 Å². The lowest BCUT2D eigenvalue weighted by Crippen LogP contribution is -2.49. The molecular weight excluding hydrogens is 334 g/mol. The molecule has 23 heavy (non-hydrogen) atoms. The fourth-order valence-corrected chi connectivity index (χ4v) is 4.22. The van der Waals surface area contributed by atoms with E-state index in [9.17, 15) is 4.79 Å². The van der Waals surface area contributed by atoms with Crippen LogP contribution in [0.5, 0.6) is 5.75 Å². The van der Waals surface area contributed by atoms with Crippen molar-refractivity contribution >= 4 is 44.2 Å². The fraction of sp³-hybridized carbons (Fsp3) is 0.500. The highest BCUT2D eigenvalue weighted by atomic mass is 35.5. The predicted molar refractivity (Wildman–Crippen MR) is 92.7 cm³/mol. The van der Waals surface area contributed by atoms with Gasteiger partial charge in [0.05, 0.1) is 16.8 Å². The zero-order valence-corrected chi connectivity index (χ0v) is 14.5. The normalized spacial score (nSPS) is 18.5. The highest BCUT2D eigenvalue weighted by Gasteiger charge is 2.34. The number of halogens is 1. The molecule has 2 heterocycles. The summed E-state index contributed by atoms with van der Waals surface area (Å²) in [6.07, 6.45) is 2.13. The third-order valence-electron chi connectivity index (χ3n) is 4.45. The van der Waals surface area contributed by atoms with E-state index in [2.05, 4.69) is 4.90 Å². The molecule has 0 radical (unpaired) electrons. The Bertz CT molecular complexity index is 751. The zero-order chi connectivity index (χ0) is 16.0. The van der Waals surface area contributed by atoms with Gasteiger partial charge in [0.1, 0.15) is 5.52 Å². The predicted octanol–water partition coefficient (Wildman–Crippen LogP) is 3.02. The van der Waals surface area contributed by atoms with Gasteiger partial charge in [0.15, 0.2) is 10.9 Å². The fourth-order valence-electron chi connectivity index (χ4n) is 2.97. The number of rotatable bonds is 3. The van der Waals surface area contributed by atoms with E-state index in [-0.39, 0.29) is 0 Å². The lowest BCUT2D eigenvalue weighted by molar-refractivity contribution is -0.132. The van der Waals surface area contributed by atoms with Crippen molar-refractivity contribution in [2.45, 2.75) is 12.8 Å². The van der Waals surface area contributed by atoms with Crippen LogP contribution in [0.2, 0.25) is 5.02 Å². The largest absolute Gasteiger partial charge is 0.493 e. The molecule has 0 unspecified atom stereocenters. The first-order valence-corrected chi connectivity index (χ1v) is 9.03. The molecule has 2 aliphatic rings. The molecule has 1 amide bonds. The van der Waals surface area contributed by atoms with Crippen LogP contribution in [0.4, 0.5) is 5.13 Å². The number of hydrogen-bond acceptors (Lipinski definition) is 5. The van der Waals surface area contributed by atoms with E-state index in [0.29, 0.717) is 22.6 Å². The van der Waals surface area contributed by atoms with Gasteiger partial charge in [-0.2, -0.15) is 0 Å². The summed E-state index contributed by atoms with van der Waals surface area (Å²) in [6.45, 7) is 3.22. The molecule has 1 aliphatic heterocycles. The quantitative estimate of drug-likeness (QED) is 0.852. The Hall–Kier alpha value is -1.53. The second-order valence-electron chi connectivity index (χ2n) is 6.01. The number of anilines is 1. The standard InChI is InChI=1S/C16H18ClN3O2S/c1-22-14-11(17)4-5-12-13(14)18-16(23-12)20-8-6-19(7-9-20)15(21)10-2-3-10/h4-5,10H,2-3,6-9H2,1H3. The van der Waals surface area contributed by atoms with Crippen molar-refractivity contribution in [2.24, 2.45) is 5.92 Å². The molecule has 122 valence electrons. The molecule has 1 saturated heterocycles. The van der Waals surface area contributed by atoms with Gasteiger partial charge in [0.2, 0.25) is 5.91 Å². The Morgan fingerprint density at radius 3 is 2.70 bits per heavy atom. The van der Waals surface area contributed by atoms with Gasteiger partial charge in [-0.15, -0.1) is 0 Å². The van der Waals surface area contributed by atoms with Crippen LogP contribution in [0.3, 0.4) is 0 Å². The summed E-state index contributed by atoms with van der Waals surface area (Å²) in [5.74, 6) is 1.27. The summed E-state index contributed by atoms with van der Waals surface area (Å²) in [5, 5.41) is 1.55. The molecule has 0 N–H and O–H groups in total. The van der Waals surface area contributed by atoms with Crippen LogP contribution in [0.1, 0.15) is 12.8 Å². The Morgan fingerprint density at radius 1 is 1.30 bits per heavy atom. The van der Waals surface area contributed by atoms with Crippen molar-refractivity contribution in [3.63, 3.8) is 0 Å². The lowest BCUT2D eigenvalue weighted by atomic mass is 10.3. The molecule has 0 atom stereocenters. The van der Waals surface area contributed by atoms with Crippen LogP contribution < -0.4 is 9.64 Å². The van der Waals surface area contributed by atoms with Gasteiger partial charge in [-0.3, -0.25) is 4.79 Å². The van der Waals surface area contributed by atoms with E-state index in [4.69, 9.17) is 21.3 Å². The van der Waals surface area contributed by atoms with Gasteiger partial charge in [0, 0.05) is 32.1 Å². The average molecular weight is 352 g/mol. The van der Waals surface area contributed by atoms with Crippen molar-refractivity contribution in [3.05, 3.63) is 17.2 Å². The van der Waals surface area contributed by atoms with Crippen molar-refractivity contribution in [1.29, 1.82) is 0 Å². The van der Waals surface area contributed by atoms with Gasteiger partial charge >= 0.3 is 0 Å². The Labute approximate surface area is 143 Å². The molecule has 4 rings (SSSR count). The van der Waals surface area contributed by atoms with Gasteiger partial charge in [0.25, 0.3) is 0 Å². The number of carbonyl (C=O) groups excluding carboxylic acids is 1. The molecular formula is C16H18ClN3O2S. The Morgan fingerprint density at radius 2 is 2.04 bits per heavy atom. The first kappa shape index (κ1) is 15.0. The van der Waals surface area contributed by atoms with Crippen LogP contribution in [0.15, 0.2) is 12.1 Å². The van der Waals surface area contributed by atoms with Crippen molar-refractivity contribution in [3.8, 4) is 5.75 Å². The molecule has 1 saturated carbocycles. The summed E-state index contributed by atoms with van der Waals surface area (Å²) in [4.78, 5) is 21.1. The van der Waals surface area contributed by atoms with Gasteiger partial charge in [-0.05, 0) is 25.0 Å². The maximum atomic E-state index is 12.1. The average Bonchev–Trinajstić information content (AvgIpc) is 3.33. The molecule has 2 aromatic rings. The lowest BCUT2D eigenvalue weighted by Gasteiger charge is -2.34. The van der Waals surface area contributed by atoms with Crippen LogP contribution in [-0.2, 0) is 4.79 Å². The second-order valence-corrected chi connectivity index (χ2v) is 7.43. The van der Waals surface area contributed by atoms with Gasteiger partial charge < -0.3 is 14.5 Å². The Kier molecular flexibility index (Phi) is 3.81. The molecule has 0 spiro atoms. The minimum Gasteiger partial charge on any atom is -0.493 e. The second kappa shape index (κ2) is 5.83. The molecule has 0 bridgehead atoms. The molecule has 1 aliphatic carbocycles. The molecule has 5 nitrogen and oxygen atoms in total. The minimum absolute atomic E-state index is 0.301. The smallest absolute Gasteiger partial charge is 0.225 e. The van der Waals surface area contributed by atoms with Crippen molar-refractivity contribution < 1.29 is 9.53 Å². The SMILES string of the molecule is COc1c(Cl)ccc2sc(N3CCN(C(=O)C4CC4)CC3)nc12. The maximum absolute atomic E-state index is 12.1. The van der Waals surface area contributed by atoms with E-state index in [0.717, 1.165) is 54.4 Å². The molecule has 2 fully saturated rings. The van der Waals surface area contributed by atoms with Gasteiger partial charge in [-0.1, -0.05) is 22.9 Å². The number of benzene rings is 1. The number of piperazine rings is 1. The van der Waals surface area contributed by atoms with E-state index in [1.54, 1.807) is 18.4 Å². The van der Waals surface area contributed by atoms with E-state index in [1.807, 2.05) is 17.0 Å². The number of fused-ring (bicyclic) bond motifs is 1. The topological polar surface area (TPSA) is 45.7 Å². The number of ether oxygens (including phenoxy) is 1. The monoisotopic (exact) mass is 351 g/mol. The van der Waals surface area contributed by atoms with E-state index < -0.39 is 0 Å². The highest BCUT2D eigenvalue weighted by Crippen LogP contribution is 2.38. The van der Waals surface area contributed by atoms with Crippen LogP contribution in [-0.4, -0.2) is 49.1 Å². The van der Waals surface area contributed by atoms with Gasteiger partial charge in [-0.25, -0.2) is 4.98 Å². The first-order valence-electron chi connectivity index (χ1n) is 7.84. The number of amides is 1. The first-order chi connectivity index (χ1) is 11.2. The highest BCUT2D eigenvalue weighted by molar-refractivity contribution is 7.22. The van der Waals surface area contributed by atoms with E-state index in [1.165, 1.54) is 0 Å². The summed E-state index contributed by atoms with van der Waals surface area (Å²) in [5.41, 5.74) is 0.816. The minimum atomic E-state index is 0.301. The third-order valence-corrected chi connectivity index (χ3v) is 5.83. The summed E-state index contributed by atoms with van der Waals surface area (Å²) in [6, 6.07) is 3.82. The zero-order valence-electron chi connectivity index (χ0n) is 12.9. The van der Waals surface area contributed by atoms with E-state index >= 15 is 0 Å². The molecule has 1 aromatic heterocycles. The third kappa shape index (κ3) is 2.74. The number of nitrogens with zero attached hydrogens (tertiary/aromatic N) is 3. The number of methoxy groups -OCH3 is 1. The van der Waals surface area contributed by atoms with Crippen molar-refractivity contribution in [2.75, 3.05) is 38.2 Å². The number of aromatic nitrogens is 1. The number of thiazole rings is 1. The van der Waals surface area contributed by atoms with Crippen molar-refractivity contribution in [1.82, 2.24) is 9.88 Å². The summed E-state index contributed by atoms with van der Waals surface area (Å²) < 4.78 is 6.45. The summed E-state index contributed by atoms with van der Waals surface area (Å²) in [7, 11) is 1.61. The number of hydrogen-bond donors (Lipinski definition) is 0. The summed E-state index contributed by atoms with van der Waals surface area (Å²) >= 11 is 7.81. The maximum Gasteiger partial charge on any atom is 0.225 e.